The molecule has 0 aliphatic heterocycles. The zero-order valence-corrected chi connectivity index (χ0v) is 7.79. The molecule has 0 atom stereocenters. The van der Waals surface area contributed by atoms with Crippen molar-refractivity contribution in [1.82, 2.24) is 0 Å². The second kappa shape index (κ2) is 2.50. The lowest BCUT2D eigenvalue weighted by atomic mass is 9.67. The van der Waals surface area contributed by atoms with Crippen LogP contribution < -0.4 is 5.73 Å². The molecule has 2 bridgehead atoms. The fourth-order valence-corrected chi connectivity index (χ4v) is 3.03. The number of hydrogen-bond acceptors (Lipinski definition) is 1. The van der Waals surface area contributed by atoms with Crippen molar-refractivity contribution in [3.05, 3.63) is 29.3 Å². The minimum absolute atomic E-state index is 0.823. The quantitative estimate of drug-likeness (QED) is 0.599. The summed E-state index contributed by atoms with van der Waals surface area (Å²) in [5.74, 6) is 1.67. The van der Waals surface area contributed by atoms with Gasteiger partial charge in [-0.25, -0.2) is 0 Å². The summed E-state index contributed by atoms with van der Waals surface area (Å²) in [6, 6.07) is 6.51. The highest BCUT2D eigenvalue weighted by Crippen LogP contribution is 2.49. The standard InChI is InChI=1S/C12H15N/c13-10-5-6-11-8-1-3-9(4-2-8)12(11)7-10/h5-9H,1-4,13H2. The maximum Gasteiger partial charge on any atom is 0.0317 e. The van der Waals surface area contributed by atoms with Crippen molar-refractivity contribution in [3.63, 3.8) is 0 Å². The maximum atomic E-state index is 5.81. The van der Waals surface area contributed by atoms with E-state index in [0.29, 0.717) is 0 Å². The fraction of sp³-hybridized carbons (Fsp3) is 0.500. The summed E-state index contributed by atoms with van der Waals surface area (Å²) in [7, 11) is 0. The Kier molecular flexibility index (Phi) is 1.43. The minimum Gasteiger partial charge on any atom is -0.399 e. The summed E-state index contributed by atoms with van der Waals surface area (Å²) in [4.78, 5) is 0. The van der Waals surface area contributed by atoms with Gasteiger partial charge < -0.3 is 5.73 Å². The first kappa shape index (κ1) is 7.43. The molecule has 4 rings (SSSR count). The van der Waals surface area contributed by atoms with Crippen molar-refractivity contribution < 1.29 is 0 Å². The Morgan fingerprint density at radius 1 is 0.923 bits per heavy atom. The lowest BCUT2D eigenvalue weighted by Gasteiger charge is -2.38. The van der Waals surface area contributed by atoms with Crippen molar-refractivity contribution in [2.24, 2.45) is 0 Å². The predicted octanol–water partition coefficient (Wildman–Crippen LogP) is 3.02. The predicted molar refractivity (Wildman–Crippen MR) is 54.8 cm³/mol. The Hall–Kier alpha value is -0.980. The molecule has 13 heavy (non-hydrogen) atoms. The molecular weight excluding hydrogens is 158 g/mol. The van der Waals surface area contributed by atoms with Crippen LogP contribution in [0.4, 0.5) is 5.69 Å². The van der Waals surface area contributed by atoms with Crippen LogP contribution in [0.15, 0.2) is 18.2 Å². The van der Waals surface area contributed by atoms with E-state index >= 15 is 0 Å². The minimum atomic E-state index is 0.823. The summed E-state index contributed by atoms with van der Waals surface area (Å²) < 4.78 is 0. The molecule has 0 radical (unpaired) electrons. The van der Waals surface area contributed by atoms with Gasteiger partial charge in [-0.3, -0.25) is 0 Å². The van der Waals surface area contributed by atoms with Crippen LogP contribution >= 0.6 is 0 Å². The number of anilines is 1. The van der Waals surface area contributed by atoms with Crippen LogP contribution in [-0.4, -0.2) is 0 Å². The van der Waals surface area contributed by atoms with Gasteiger partial charge in [-0.05, 0) is 60.8 Å². The Morgan fingerprint density at radius 3 is 2.23 bits per heavy atom. The summed E-state index contributed by atoms with van der Waals surface area (Å²) in [6.07, 6.45) is 5.59. The van der Waals surface area contributed by atoms with Crippen molar-refractivity contribution in [2.45, 2.75) is 37.5 Å². The molecule has 2 N–H and O–H groups in total. The van der Waals surface area contributed by atoms with Gasteiger partial charge in [0.05, 0.1) is 0 Å². The largest absolute Gasteiger partial charge is 0.399 e. The van der Waals surface area contributed by atoms with Gasteiger partial charge in [0.2, 0.25) is 0 Å². The number of nitrogens with two attached hydrogens (primary N) is 1. The molecule has 0 aromatic heterocycles. The third-order valence-corrected chi connectivity index (χ3v) is 3.72. The van der Waals surface area contributed by atoms with E-state index in [1.54, 1.807) is 11.1 Å². The van der Waals surface area contributed by atoms with Gasteiger partial charge in [0.15, 0.2) is 0 Å². The van der Waals surface area contributed by atoms with Gasteiger partial charge in [0.1, 0.15) is 0 Å². The Balaban J connectivity index is 2.18. The van der Waals surface area contributed by atoms with Gasteiger partial charge in [0, 0.05) is 5.69 Å². The average Bonchev–Trinajstić information content (AvgIpc) is 2.19. The molecule has 1 aromatic carbocycles. The summed E-state index contributed by atoms with van der Waals surface area (Å²) in [5.41, 5.74) is 9.90. The zero-order chi connectivity index (χ0) is 8.84. The third-order valence-electron chi connectivity index (χ3n) is 3.72. The van der Waals surface area contributed by atoms with Crippen molar-refractivity contribution in [1.29, 1.82) is 0 Å². The highest BCUT2D eigenvalue weighted by molar-refractivity contribution is 5.49. The SMILES string of the molecule is Nc1ccc2c(c1)C1CCC2CC1. The molecule has 0 heterocycles. The molecule has 0 spiro atoms. The lowest BCUT2D eigenvalue weighted by molar-refractivity contribution is 0.359. The van der Waals surface area contributed by atoms with Crippen molar-refractivity contribution >= 4 is 5.69 Å². The van der Waals surface area contributed by atoms with Crippen LogP contribution in [-0.2, 0) is 0 Å². The molecule has 3 aliphatic carbocycles. The van der Waals surface area contributed by atoms with E-state index in [4.69, 9.17) is 5.73 Å². The molecule has 0 unspecified atom stereocenters. The average molecular weight is 173 g/mol. The monoisotopic (exact) mass is 173 g/mol. The first-order valence-electron chi connectivity index (χ1n) is 5.24. The summed E-state index contributed by atoms with van der Waals surface area (Å²) >= 11 is 0. The molecule has 0 amide bonds. The van der Waals surface area contributed by atoms with Crippen LogP contribution in [0.25, 0.3) is 0 Å². The van der Waals surface area contributed by atoms with Gasteiger partial charge in [0.25, 0.3) is 0 Å². The second-order valence-corrected chi connectivity index (χ2v) is 4.44. The summed E-state index contributed by atoms with van der Waals surface area (Å²) in [5, 5.41) is 0. The molecule has 1 nitrogen and oxygen atoms in total. The van der Waals surface area contributed by atoms with Crippen LogP contribution in [0.3, 0.4) is 0 Å². The van der Waals surface area contributed by atoms with E-state index in [-0.39, 0.29) is 0 Å². The van der Waals surface area contributed by atoms with E-state index in [2.05, 4.69) is 18.2 Å². The van der Waals surface area contributed by atoms with Crippen molar-refractivity contribution in [3.8, 4) is 0 Å². The fourth-order valence-electron chi connectivity index (χ4n) is 3.03. The molecular formula is C12H15N. The molecule has 0 saturated heterocycles. The van der Waals surface area contributed by atoms with Gasteiger partial charge >= 0.3 is 0 Å². The van der Waals surface area contributed by atoms with Gasteiger partial charge in [-0.15, -0.1) is 0 Å². The Morgan fingerprint density at radius 2 is 1.54 bits per heavy atom. The van der Waals surface area contributed by atoms with Crippen LogP contribution in [0.5, 0.6) is 0 Å². The third kappa shape index (κ3) is 0.995. The number of fused-ring (bicyclic) bond motifs is 2. The molecule has 1 saturated carbocycles. The van der Waals surface area contributed by atoms with Gasteiger partial charge in [-0.2, -0.15) is 0 Å². The van der Waals surface area contributed by atoms with Crippen LogP contribution in [0.2, 0.25) is 0 Å². The first-order chi connectivity index (χ1) is 6.34. The Bertz CT molecular complexity index is 335. The highest BCUT2D eigenvalue weighted by atomic mass is 14.5. The number of hydrogen-bond donors (Lipinski definition) is 1. The smallest absolute Gasteiger partial charge is 0.0317 e. The van der Waals surface area contributed by atoms with Crippen LogP contribution in [0, 0.1) is 0 Å². The van der Waals surface area contributed by atoms with Crippen LogP contribution in [0.1, 0.15) is 48.6 Å². The number of rotatable bonds is 0. The molecule has 1 fully saturated rings. The second-order valence-electron chi connectivity index (χ2n) is 4.44. The lowest BCUT2D eigenvalue weighted by Crippen LogP contribution is -2.21. The summed E-state index contributed by atoms with van der Waals surface area (Å²) in [6.45, 7) is 0. The highest BCUT2D eigenvalue weighted by Gasteiger charge is 2.32. The Labute approximate surface area is 78.9 Å². The first-order valence-corrected chi connectivity index (χ1v) is 5.24. The molecule has 3 aliphatic rings. The molecule has 1 heteroatoms. The van der Waals surface area contributed by atoms with E-state index in [1.807, 2.05) is 0 Å². The van der Waals surface area contributed by atoms with E-state index in [1.165, 1.54) is 25.7 Å². The van der Waals surface area contributed by atoms with Gasteiger partial charge in [-0.1, -0.05) is 6.07 Å². The van der Waals surface area contributed by atoms with E-state index < -0.39 is 0 Å². The zero-order valence-electron chi connectivity index (χ0n) is 7.79. The number of nitrogen functional groups attached to an aromatic ring is 1. The van der Waals surface area contributed by atoms with E-state index in [0.717, 1.165) is 17.5 Å². The van der Waals surface area contributed by atoms with E-state index in [9.17, 15) is 0 Å². The topological polar surface area (TPSA) is 26.0 Å². The van der Waals surface area contributed by atoms with Crippen molar-refractivity contribution in [2.75, 3.05) is 5.73 Å². The normalized spacial score (nSPS) is 30.2. The molecule has 1 aromatic rings. The number of benzene rings is 1. The maximum absolute atomic E-state index is 5.81. The molecule has 68 valence electrons.